The van der Waals surface area contributed by atoms with Gasteiger partial charge in [-0.05, 0) is 55.3 Å². The second kappa shape index (κ2) is 9.71. The van der Waals surface area contributed by atoms with Gasteiger partial charge in [-0.15, -0.1) is 16.5 Å². The number of thiazole rings is 1. The predicted molar refractivity (Wildman–Crippen MR) is 130 cm³/mol. The van der Waals surface area contributed by atoms with E-state index in [-0.39, 0.29) is 23.4 Å². The van der Waals surface area contributed by atoms with Gasteiger partial charge in [0.05, 0.1) is 29.9 Å². The predicted octanol–water partition coefficient (Wildman–Crippen LogP) is 4.45. The molecular formula is C22H21N5O5S2. The molecule has 0 amide bonds. The van der Waals surface area contributed by atoms with Crippen molar-refractivity contribution >= 4 is 32.8 Å². The number of aromatic amines is 1. The summed E-state index contributed by atoms with van der Waals surface area (Å²) in [5, 5.41) is 13.6. The number of hydrogen-bond donors (Lipinski definition) is 2. The Morgan fingerprint density at radius 3 is 2.47 bits per heavy atom. The van der Waals surface area contributed by atoms with Crippen LogP contribution in [0.4, 0.5) is 11.4 Å². The third-order valence-electron chi connectivity index (χ3n) is 4.96. The van der Waals surface area contributed by atoms with Crippen LogP contribution in [0, 0.1) is 6.92 Å². The Morgan fingerprint density at radius 2 is 1.82 bits per heavy atom. The van der Waals surface area contributed by atoms with Gasteiger partial charge in [-0.1, -0.05) is 12.1 Å². The standard InChI is InChI=1S/C22H21N5O5S2/c1-14-20(25-24-17-7-3-15(4-8-17)11-12-34(29,30)31)21(28)27(26-14)22-23-19(13-33-22)16-5-9-18(32-2)10-6-16/h3-10,13,26H,11-12H2,1-2H3,(H,29,30,31). The first-order chi connectivity index (χ1) is 16.2. The molecule has 0 spiro atoms. The first-order valence-electron chi connectivity index (χ1n) is 10.1. The van der Waals surface area contributed by atoms with Crippen molar-refractivity contribution in [1.29, 1.82) is 0 Å². The molecule has 0 aliphatic rings. The third-order valence-corrected chi connectivity index (χ3v) is 6.51. The summed E-state index contributed by atoms with van der Waals surface area (Å²) in [6, 6.07) is 14.2. The van der Waals surface area contributed by atoms with Crippen LogP contribution in [0.15, 0.2) is 68.9 Å². The molecule has 0 unspecified atom stereocenters. The van der Waals surface area contributed by atoms with E-state index in [9.17, 15) is 13.2 Å². The van der Waals surface area contributed by atoms with E-state index in [0.29, 0.717) is 16.5 Å². The summed E-state index contributed by atoms with van der Waals surface area (Å²) in [6.07, 6.45) is 0.185. The highest BCUT2D eigenvalue weighted by Crippen LogP contribution is 2.26. The summed E-state index contributed by atoms with van der Waals surface area (Å²) in [4.78, 5) is 17.5. The SMILES string of the molecule is COc1ccc(-c2csc(-n3[nH]c(C)c(N=Nc4ccc(CCS(=O)(=O)O)cc4)c3=O)n2)cc1. The fourth-order valence-corrected chi connectivity index (χ4v) is 4.42. The largest absolute Gasteiger partial charge is 0.497 e. The Bertz CT molecular complexity index is 1480. The number of methoxy groups -OCH3 is 1. The van der Waals surface area contributed by atoms with Gasteiger partial charge < -0.3 is 4.74 Å². The van der Waals surface area contributed by atoms with Gasteiger partial charge in [0.1, 0.15) is 5.75 Å². The highest BCUT2D eigenvalue weighted by atomic mass is 32.2. The lowest BCUT2D eigenvalue weighted by Crippen LogP contribution is -2.13. The zero-order chi connectivity index (χ0) is 24.3. The third kappa shape index (κ3) is 5.47. The molecule has 0 fully saturated rings. The van der Waals surface area contributed by atoms with Crippen molar-refractivity contribution in [3.05, 3.63) is 75.5 Å². The van der Waals surface area contributed by atoms with E-state index in [4.69, 9.17) is 9.29 Å². The number of aryl methyl sites for hydroxylation is 2. The van der Waals surface area contributed by atoms with Crippen LogP contribution < -0.4 is 10.3 Å². The molecule has 2 heterocycles. The normalized spacial score (nSPS) is 11.9. The van der Waals surface area contributed by atoms with E-state index in [1.54, 1.807) is 38.3 Å². The maximum Gasteiger partial charge on any atom is 0.301 e. The average molecular weight is 500 g/mol. The topological polar surface area (TPSA) is 139 Å². The first kappa shape index (κ1) is 23.5. The van der Waals surface area contributed by atoms with Gasteiger partial charge in [0.25, 0.3) is 10.1 Å². The molecular weight excluding hydrogens is 478 g/mol. The van der Waals surface area contributed by atoms with Crippen LogP contribution in [0.5, 0.6) is 5.75 Å². The molecule has 0 bridgehead atoms. The van der Waals surface area contributed by atoms with Crippen molar-refractivity contribution in [3.8, 4) is 22.1 Å². The van der Waals surface area contributed by atoms with Crippen LogP contribution in [-0.4, -0.2) is 40.6 Å². The van der Waals surface area contributed by atoms with Gasteiger partial charge in [-0.2, -0.15) is 18.2 Å². The number of H-pyrrole nitrogens is 1. The molecule has 176 valence electrons. The summed E-state index contributed by atoms with van der Waals surface area (Å²) < 4.78 is 37.1. The maximum atomic E-state index is 12.9. The van der Waals surface area contributed by atoms with Crippen LogP contribution in [0.25, 0.3) is 16.4 Å². The van der Waals surface area contributed by atoms with Crippen molar-refractivity contribution in [2.75, 3.05) is 12.9 Å². The molecule has 2 aromatic carbocycles. The number of hydrogen-bond acceptors (Lipinski definition) is 8. The van der Waals surface area contributed by atoms with Gasteiger partial charge in [-0.3, -0.25) is 14.4 Å². The minimum Gasteiger partial charge on any atom is -0.497 e. The molecule has 0 saturated carbocycles. The Hall–Kier alpha value is -3.61. The van der Waals surface area contributed by atoms with E-state index >= 15 is 0 Å². The quantitative estimate of drug-likeness (QED) is 0.271. The van der Waals surface area contributed by atoms with Crippen LogP contribution in [-0.2, 0) is 16.5 Å². The molecule has 4 rings (SSSR count). The molecule has 4 aromatic rings. The Labute approximate surface area is 199 Å². The summed E-state index contributed by atoms with van der Waals surface area (Å²) in [7, 11) is -2.41. The summed E-state index contributed by atoms with van der Waals surface area (Å²) in [6.45, 7) is 1.72. The lowest BCUT2D eigenvalue weighted by molar-refractivity contribution is 0.415. The fraction of sp³-hybridized carbons (Fsp3) is 0.182. The smallest absolute Gasteiger partial charge is 0.301 e. The molecule has 2 N–H and O–H groups in total. The number of benzene rings is 2. The minimum atomic E-state index is -4.02. The summed E-state index contributed by atoms with van der Waals surface area (Å²) >= 11 is 1.32. The van der Waals surface area contributed by atoms with Crippen LogP contribution >= 0.6 is 11.3 Å². The van der Waals surface area contributed by atoms with Crippen molar-refractivity contribution in [1.82, 2.24) is 14.8 Å². The Balaban J connectivity index is 1.52. The molecule has 0 atom stereocenters. The lowest BCUT2D eigenvalue weighted by Gasteiger charge is -2.00. The number of ether oxygens (including phenoxy) is 1. The van der Waals surface area contributed by atoms with Crippen LogP contribution in [0.3, 0.4) is 0 Å². The molecule has 10 nitrogen and oxygen atoms in total. The number of aromatic nitrogens is 3. The van der Waals surface area contributed by atoms with E-state index < -0.39 is 10.1 Å². The summed E-state index contributed by atoms with van der Waals surface area (Å²) in [5.74, 6) is 0.394. The van der Waals surface area contributed by atoms with Gasteiger partial charge in [0.2, 0.25) is 5.13 Å². The number of azo groups is 1. The van der Waals surface area contributed by atoms with Crippen molar-refractivity contribution in [2.45, 2.75) is 13.3 Å². The monoisotopic (exact) mass is 499 g/mol. The Kier molecular flexibility index (Phi) is 6.72. The van der Waals surface area contributed by atoms with E-state index in [1.165, 1.54) is 16.0 Å². The van der Waals surface area contributed by atoms with Crippen molar-refractivity contribution < 1.29 is 17.7 Å². The lowest BCUT2D eigenvalue weighted by atomic mass is 10.1. The highest BCUT2D eigenvalue weighted by molar-refractivity contribution is 7.85. The van der Waals surface area contributed by atoms with Gasteiger partial charge in [0, 0.05) is 10.9 Å². The van der Waals surface area contributed by atoms with E-state index in [0.717, 1.165) is 22.6 Å². The molecule has 0 aliphatic carbocycles. The van der Waals surface area contributed by atoms with Gasteiger partial charge in [-0.25, -0.2) is 4.98 Å². The fourth-order valence-electron chi connectivity index (χ4n) is 3.14. The zero-order valence-corrected chi connectivity index (χ0v) is 19.9. The second-order valence-electron chi connectivity index (χ2n) is 7.37. The molecule has 0 saturated heterocycles. The average Bonchev–Trinajstić information content (AvgIpc) is 3.41. The minimum absolute atomic E-state index is 0.164. The molecule has 2 aromatic heterocycles. The first-order valence-corrected chi connectivity index (χ1v) is 12.6. The molecule has 12 heteroatoms. The summed E-state index contributed by atoms with van der Waals surface area (Å²) in [5.41, 5.74) is 3.20. The van der Waals surface area contributed by atoms with Crippen molar-refractivity contribution in [2.24, 2.45) is 10.2 Å². The van der Waals surface area contributed by atoms with Gasteiger partial charge >= 0.3 is 5.56 Å². The molecule has 0 radical (unpaired) electrons. The van der Waals surface area contributed by atoms with E-state index in [1.807, 2.05) is 29.6 Å². The van der Waals surface area contributed by atoms with Crippen LogP contribution in [0.2, 0.25) is 0 Å². The van der Waals surface area contributed by atoms with Crippen LogP contribution in [0.1, 0.15) is 11.3 Å². The van der Waals surface area contributed by atoms with E-state index in [2.05, 4.69) is 20.3 Å². The number of nitrogens with one attached hydrogen (secondary N) is 1. The Morgan fingerprint density at radius 1 is 1.12 bits per heavy atom. The number of nitrogens with zero attached hydrogens (tertiary/aromatic N) is 4. The number of rotatable bonds is 8. The molecule has 0 aliphatic heterocycles. The molecule has 34 heavy (non-hydrogen) atoms. The van der Waals surface area contributed by atoms with Crippen molar-refractivity contribution in [3.63, 3.8) is 0 Å². The second-order valence-corrected chi connectivity index (χ2v) is 9.78. The zero-order valence-electron chi connectivity index (χ0n) is 18.3. The van der Waals surface area contributed by atoms with Gasteiger partial charge in [0.15, 0.2) is 5.69 Å². The highest BCUT2D eigenvalue weighted by Gasteiger charge is 2.15. The maximum absolute atomic E-state index is 12.9.